The Morgan fingerprint density at radius 3 is 2.94 bits per heavy atom. The summed E-state index contributed by atoms with van der Waals surface area (Å²) in [5.74, 6) is 0. The van der Waals surface area contributed by atoms with Crippen molar-refractivity contribution in [2.24, 2.45) is 0 Å². The van der Waals surface area contributed by atoms with Crippen LogP contribution in [0.4, 0.5) is 0 Å². The number of halogens is 2. The second-order valence-electron chi connectivity index (χ2n) is 4.23. The lowest BCUT2D eigenvalue weighted by atomic mass is 10.1. The summed E-state index contributed by atoms with van der Waals surface area (Å²) in [6.07, 6.45) is 2.52. The van der Waals surface area contributed by atoms with Gasteiger partial charge in [-0.1, -0.05) is 46.9 Å². The fourth-order valence-corrected chi connectivity index (χ4v) is 2.68. The molecule has 1 aliphatic heterocycles. The van der Waals surface area contributed by atoms with E-state index >= 15 is 0 Å². The molecule has 2 nitrogen and oxygen atoms in total. The summed E-state index contributed by atoms with van der Waals surface area (Å²) in [5.41, 5.74) is 1.16. The average Bonchev–Trinajstić information content (AvgIpc) is 3.09. The molecular formula is C13H16BrClO2. The molecule has 2 rings (SSSR count). The fraction of sp³-hybridized carbons (Fsp3) is 0.538. The van der Waals surface area contributed by atoms with Gasteiger partial charge >= 0.3 is 0 Å². The molecule has 1 saturated heterocycles. The summed E-state index contributed by atoms with van der Waals surface area (Å²) in [4.78, 5) is 0. The maximum absolute atomic E-state index is 5.95. The Balaban J connectivity index is 2.06. The summed E-state index contributed by atoms with van der Waals surface area (Å²) in [6.45, 7) is 3.67. The van der Waals surface area contributed by atoms with Gasteiger partial charge in [-0.3, -0.25) is 0 Å². The Morgan fingerprint density at radius 2 is 2.35 bits per heavy atom. The summed E-state index contributed by atoms with van der Waals surface area (Å²) < 4.78 is 12.1. The van der Waals surface area contributed by atoms with Crippen molar-refractivity contribution in [3.63, 3.8) is 0 Å². The first-order chi connectivity index (χ1) is 8.20. The predicted octanol–water partition coefficient (Wildman–Crippen LogP) is 4.36. The third kappa shape index (κ3) is 3.95. The molecule has 17 heavy (non-hydrogen) atoms. The summed E-state index contributed by atoms with van der Waals surface area (Å²) >= 11 is 9.49. The molecule has 0 bridgehead atoms. The van der Waals surface area contributed by atoms with Gasteiger partial charge < -0.3 is 9.47 Å². The first-order valence-corrected chi connectivity index (χ1v) is 7.06. The van der Waals surface area contributed by atoms with Crippen molar-refractivity contribution in [2.45, 2.75) is 32.0 Å². The van der Waals surface area contributed by atoms with Crippen LogP contribution in [-0.4, -0.2) is 19.3 Å². The topological polar surface area (TPSA) is 21.8 Å². The Morgan fingerprint density at radius 1 is 1.59 bits per heavy atom. The highest BCUT2D eigenvalue weighted by Gasteiger charge is 2.25. The van der Waals surface area contributed by atoms with Gasteiger partial charge in [-0.2, -0.15) is 0 Å². The quantitative estimate of drug-likeness (QED) is 0.727. The molecule has 0 aliphatic carbocycles. The molecule has 1 fully saturated rings. The van der Waals surface area contributed by atoms with Gasteiger partial charge in [0.25, 0.3) is 0 Å². The lowest BCUT2D eigenvalue weighted by molar-refractivity contribution is 0.0354. The normalized spacial score (nSPS) is 20.3. The third-order valence-electron chi connectivity index (χ3n) is 2.75. The van der Waals surface area contributed by atoms with E-state index in [-0.39, 0.29) is 6.10 Å². The van der Waals surface area contributed by atoms with Gasteiger partial charge in [0.2, 0.25) is 0 Å². The average molecular weight is 320 g/mol. The lowest BCUT2D eigenvalue weighted by Crippen LogP contribution is -2.09. The molecule has 0 amide bonds. The van der Waals surface area contributed by atoms with E-state index < -0.39 is 0 Å². The molecule has 1 aliphatic rings. The molecule has 0 aromatic heterocycles. The zero-order valence-electron chi connectivity index (χ0n) is 9.79. The Labute approximate surface area is 115 Å². The Hall–Kier alpha value is -0.0900. The molecule has 0 saturated carbocycles. The number of hydrogen-bond donors (Lipinski definition) is 0. The van der Waals surface area contributed by atoms with Crippen LogP contribution in [0.15, 0.2) is 22.7 Å². The van der Waals surface area contributed by atoms with Crippen molar-refractivity contribution in [2.75, 3.05) is 13.2 Å². The molecular weight excluding hydrogens is 303 g/mol. The van der Waals surface area contributed by atoms with E-state index in [1.54, 1.807) is 0 Å². The number of benzene rings is 1. The number of epoxide rings is 1. The second kappa shape index (κ2) is 6.19. The van der Waals surface area contributed by atoms with Crippen LogP contribution < -0.4 is 0 Å². The predicted molar refractivity (Wildman–Crippen MR) is 72.5 cm³/mol. The van der Waals surface area contributed by atoms with Crippen LogP contribution in [-0.2, 0) is 9.47 Å². The van der Waals surface area contributed by atoms with Gasteiger partial charge in [-0.15, -0.1) is 0 Å². The molecule has 1 heterocycles. The minimum atomic E-state index is 0.121. The zero-order chi connectivity index (χ0) is 12.3. The van der Waals surface area contributed by atoms with E-state index in [1.165, 1.54) is 0 Å². The van der Waals surface area contributed by atoms with Crippen molar-refractivity contribution >= 4 is 27.5 Å². The smallest absolute Gasteiger partial charge is 0.104 e. The highest BCUT2D eigenvalue weighted by atomic mass is 79.9. The van der Waals surface area contributed by atoms with Crippen molar-refractivity contribution in [1.82, 2.24) is 0 Å². The van der Waals surface area contributed by atoms with Crippen LogP contribution in [0.25, 0.3) is 0 Å². The van der Waals surface area contributed by atoms with E-state index in [1.807, 2.05) is 18.2 Å². The largest absolute Gasteiger partial charge is 0.371 e. The molecule has 94 valence electrons. The molecule has 0 N–H and O–H groups in total. The van der Waals surface area contributed by atoms with Gasteiger partial charge in [0.15, 0.2) is 0 Å². The van der Waals surface area contributed by atoms with Gasteiger partial charge in [0.05, 0.1) is 19.3 Å². The Bertz CT molecular complexity index is 380. The SMILES string of the molecule is CCC[C@@H](OCC1CO1)c1ccc(Cl)cc1Br. The molecule has 1 aromatic carbocycles. The highest BCUT2D eigenvalue weighted by molar-refractivity contribution is 9.10. The van der Waals surface area contributed by atoms with Crippen LogP contribution in [0.2, 0.25) is 5.02 Å². The first kappa shape index (κ1) is 13.3. The molecule has 4 heteroatoms. The highest BCUT2D eigenvalue weighted by Crippen LogP contribution is 2.32. The zero-order valence-corrected chi connectivity index (χ0v) is 12.1. The summed E-state index contributed by atoms with van der Waals surface area (Å²) in [5, 5.41) is 0.737. The molecule has 0 spiro atoms. The molecule has 2 atom stereocenters. The van der Waals surface area contributed by atoms with Crippen molar-refractivity contribution < 1.29 is 9.47 Å². The van der Waals surface area contributed by atoms with Crippen LogP contribution in [0, 0.1) is 0 Å². The number of rotatable bonds is 6. The van der Waals surface area contributed by atoms with Crippen LogP contribution in [0.3, 0.4) is 0 Å². The summed E-state index contributed by atoms with van der Waals surface area (Å²) in [6, 6.07) is 5.85. The second-order valence-corrected chi connectivity index (χ2v) is 5.52. The minimum absolute atomic E-state index is 0.121. The fourth-order valence-electron chi connectivity index (χ4n) is 1.74. The number of ether oxygens (including phenoxy) is 2. The van der Waals surface area contributed by atoms with E-state index in [9.17, 15) is 0 Å². The Kier molecular flexibility index (Phi) is 4.86. The van der Waals surface area contributed by atoms with E-state index in [2.05, 4.69) is 22.9 Å². The van der Waals surface area contributed by atoms with E-state index in [4.69, 9.17) is 21.1 Å². The van der Waals surface area contributed by atoms with Gasteiger partial charge in [-0.25, -0.2) is 0 Å². The summed E-state index contributed by atoms with van der Waals surface area (Å²) in [7, 11) is 0. The standard InChI is InChI=1S/C13H16BrClO2/c1-2-3-13(17-8-10-7-16-10)11-5-4-9(15)6-12(11)14/h4-6,10,13H,2-3,7-8H2,1H3/t10?,13-/m1/s1. The van der Waals surface area contributed by atoms with E-state index in [0.717, 1.165) is 34.5 Å². The van der Waals surface area contributed by atoms with Gasteiger partial charge in [0.1, 0.15) is 6.10 Å². The first-order valence-electron chi connectivity index (χ1n) is 5.89. The lowest BCUT2D eigenvalue weighted by Gasteiger charge is -2.18. The minimum Gasteiger partial charge on any atom is -0.371 e. The molecule has 1 unspecified atom stereocenters. The monoisotopic (exact) mass is 318 g/mol. The van der Waals surface area contributed by atoms with Crippen molar-refractivity contribution in [3.8, 4) is 0 Å². The maximum Gasteiger partial charge on any atom is 0.104 e. The van der Waals surface area contributed by atoms with Crippen LogP contribution >= 0.6 is 27.5 Å². The van der Waals surface area contributed by atoms with Crippen molar-refractivity contribution in [1.29, 1.82) is 0 Å². The van der Waals surface area contributed by atoms with Crippen LogP contribution in [0.1, 0.15) is 31.4 Å². The van der Waals surface area contributed by atoms with Crippen LogP contribution in [0.5, 0.6) is 0 Å². The third-order valence-corrected chi connectivity index (χ3v) is 3.67. The molecule has 1 aromatic rings. The van der Waals surface area contributed by atoms with E-state index in [0.29, 0.717) is 12.7 Å². The maximum atomic E-state index is 5.95. The van der Waals surface area contributed by atoms with Gasteiger partial charge in [0, 0.05) is 9.50 Å². The number of hydrogen-bond acceptors (Lipinski definition) is 2. The van der Waals surface area contributed by atoms with Gasteiger partial charge in [-0.05, 0) is 24.1 Å². The van der Waals surface area contributed by atoms with Crippen molar-refractivity contribution in [3.05, 3.63) is 33.3 Å². The molecule has 0 radical (unpaired) electrons.